The molecule has 3 aromatic rings. The summed E-state index contributed by atoms with van der Waals surface area (Å²) in [4.78, 5) is 12.9. The molecule has 22 heavy (non-hydrogen) atoms. The van der Waals surface area contributed by atoms with Crippen LogP contribution in [0.4, 0.5) is 6.01 Å². The Balaban J connectivity index is 1.64. The first-order chi connectivity index (χ1) is 10.7. The molecule has 8 heteroatoms. The van der Waals surface area contributed by atoms with Gasteiger partial charge in [-0.2, -0.15) is 0 Å². The van der Waals surface area contributed by atoms with Crippen molar-refractivity contribution < 1.29 is 13.7 Å². The topological polar surface area (TPSA) is 94.1 Å². The molecule has 1 amide bonds. The van der Waals surface area contributed by atoms with Crippen molar-refractivity contribution in [3.8, 4) is 0 Å². The molecule has 0 fully saturated rings. The number of aromatic nitrogens is 3. The second-order valence-electron chi connectivity index (χ2n) is 4.36. The lowest BCUT2D eigenvalue weighted by Gasteiger charge is -1.99. The lowest BCUT2D eigenvalue weighted by Crippen LogP contribution is -2.11. The van der Waals surface area contributed by atoms with Gasteiger partial charge in [0.1, 0.15) is 0 Å². The maximum atomic E-state index is 11.7. The van der Waals surface area contributed by atoms with Crippen molar-refractivity contribution in [3.63, 3.8) is 0 Å². The monoisotopic (exact) mass is 316 g/mol. The molecule has 2 aromatic heterocycles. The highest BCUT2D eigenvalue weighted by Crippen LogP contribution is 2.17. The molecule has 1 N–H and O–H groups in total. The predicted octanol–water partition coefficient (Wildman–Crippen LogP) is 2.62. The van der Waals surface area contributed by atoms with Gasteiger partial charge in [0.25, 0.3) is 5.91 Å². The molecule has 112 valence electrons. The van der Waals surface area contributed by atoms with E-state index in [0.29, 0.717) is 12.3 Å². The van der Waals surface area contributed by atoms with Crippen LogP contribution < -0.4 is 5.32 Å². The Kier molecular flexibility index (Phi) is 4.19. The lowest BCUT2D eigenvalue weighted by atomic mass is 10.1. The fraction of sp³-hybridized carbons (Fsp3) is 0.143. The zero-order valence-electron chi connectivity index (χ0n) is 11.6. The van der Waals surface area contributed by atoms with E-state index in [4.69, 9.17) is 8.94 Å². The van der Waals surface area contributed by atoms with Gasteiger partial charge in [0.05, 0.1) is 12.6 Å². The summed E-state index contributed by atoms with van der Waals surface area (Å²) in [5, 5.41) is 13.6. The van der Waals surface area contributed by atoms with Crippen LogP contribution in [0.1, 0.15) is 22.0 Å². The van der Waals surface area contributed by atoms with E-state index in [2.05, 4.69) is 20.7 Å². The average molecular weight is 316 g/mol. The van der Waals surface area contributed by atoms with Crippen LogP contribution in [-0.4, -0.2) is 27.5 Å². The van der Waals surface area contributed by atoms with Crippen molar-refractivity contribution in [1.82, 2.24) is 15.4 Å². The Bertz CT molecular complexity index is 753. The number of anilines is 1. The Morgan fingerprint density at radius 1 is 1.23 bits per heavy atom. The minimum absolute atomic E-state index is 0.0251. The van der Waals surface area contributed by atoms with Gasteiger partial charge >= 0.3 is 6.01 Å². The van der Waals surface area contributed by atoms with Gasteiger partial charge in [-0.25, -0.2) is 0 Å². The van der Waals surface area contributed by atoms with Gasteiger partial charge in [-0.05, 0) is 24.0 Å². The molecule has 0 saturated heterocycles. The normalized spacial score (nSPS) is 10.6. The van der Waals surface area contributed by atoms with Gasteiger partial charge in [-0.1, -0.05) is 22.4 Å². The third-order valence-electron chi connectivity index (χ3n) is 2.86. The van der Waals surface area contributed by atoms with Crippen LogP contribution in [0.5, 0.6) is 0 Å². The smallest absolute Gasteiger partial charge is 0.322 e. The van der Waals surface area contributed by atoms with E-state index in [1.54, 1.807) is 11.8 Å². The maximum Gasteiger partial charge on any atom is 0.322 e. The van der Waals surface area contributed by atoms with E-state index in [9.17, 15) is 4.79 Å². The minimum atomic E-state index is -0.489. The molecule has 0 saturated carbocycles. The highest BCUT2D eigenvalue weighted by atomic mass is 32.2. The molecule has 7 nitrogen and oxygen atoms in total. The first-order valence-electron chi connectivity index (χ1n) is 6.42. The number of hydrogen-bond acceptors (Lipinski definition) is 7. The van der Waals surface area contributed by atoms with Crippen LogP contribution in [0.2, 0.25) is 0 Å². The van der Waals surface area contributed by atoms with E-state index in [1.165, 1.54) is 17.2 Å². The number of carbonyl (C=O) groups is 1. The average Bonchev–Trinajstić information content (AvgIpc) is 3.20. The predicted molar refractivity (Wildman–Crippen MR) is 79.8 cm³/mol. The van der Waals surface area contributed by atoms with E-state index in [1.807, 2.05) is 30.5 Å². The summed E-state index contributed by atoms with van der Waals surface area (Å²) in [6.45, 7) is 0. The highest BCUT2D eigenvalue weighted by molar-refractivity contribution is 7.98. The van der Waals surface area contributed by atoms with E-state index in [0.717, 1.165) is 5.56 Å². The van der Waals surface area contributed by atoms with Gasteiger partial charge in [0.2, 0.25) is 11.7 Å². The van der Waals surface area contributed by atoms with Crippen LogP contribution in [0.3, 0.4) is 0 Å². The maximum absolute atomic E-state index is 11.7. The SMILES string of the molecule is CSc1ccc(Cc2nnc(NC(=O)c3ccno3)o2)cc1. The quantitative estimate of drug-likeness (QED) is 0.723. The second kappa shape index (κ2) is 6.44. The zero-order chi connectivity index (χ0) is 15.4. The summed E-state index contributed by atoms with van der Waals surface area (Å²) < 4.78 is 10.1. The van der Waals surface area contributed by atoms with Gasteiger partial charge in [-0.15, -0.1) is 16.9 Å². The van der Waals surface area contributed by atoms with Crippen molar-refractivity contribution in [1.29, 1.82) is 0 Å². The van der Waals surface area contributed by atoms with Crippen molar-refractivity contribution in [2.75, 3.05) is 11.6 Å². The van der Waals surface area contributed by atoms with Crippen molar-refractivity contribution in [2.45, 2.75) is 11.3 Å². The summed E-state index contributed by atoms with van der Waals surface area (Å²) >= 11 is 1.68. The Morgan fingerprint density at radius 3 is 2.73 bits per heavy atom. The van der Waals surface area contributed by atoms with E-state index in [-0.39, 0.29) is 11.8 Å². The third-order valence-corrected chi connectivity index (χ3v) is 3.61. The molecule has 0 bridgehead atoms. The largest absolute Gasteiger partial charge is 0.407 e. The van der Waals surface area contributed by atoms with Gasteiger partial charge in [-0.3, -0.25) is 10.1 Å². The van der Waals surface area contributed by atoms with Crippen LogP contribution in [-0.2, 0) is 6.42 Å². The molecule has 1 aromatic carbocycles. The minimum Gasteiger partial charge on any atom is -0.407 e. The number of nitrogens with zero attached hydrogens (tertiary/aromatic N) is 3. The molecule has 0 spiro atoms. The molecule has 0 aliphatic heterocycles. The van der Waals surface area contributed by atoms with Crippen molar-refractivity contribution >= 4 is 23.7 Å². The molecule has 0 unspecified atom stereocenters. The van der Waals surface area contributed by atoms with Crippen LogP contribution in [0, 0.1) is 0 Å². The first-order valence-corrected chi connectivity index (χ1v) is 7.64. The Labute approximate surface area is 130 Å². The Hall–Kier alpha value is -2.61. The number of thioether (sulfide) groups is 1. The van der Waals surface area contributed by atoms with Gasteiger partial charge in [0.15, 0.2) is 0 Å². The van der Waals surface area contributed by atoms with Crippen molar-refractivity contribution in [2.24, 2.45) is 0 Å². The molecule has 0 aliphatic carbocycles. The second-order valence-corrected chi connectivity index (χ2v) is 5.24. The molecule has 0 aliphatic rings. The van der Waals surface area contributed by atoms with E-state index >= 15 is 0 Å². The standard InChI is InChI=1S/C14H12N4O3S/c1-22-10-4-2-9(3-5-10)8-12-17-18-14(20-12)16-13(19)11-6-7-15-21-11/h2-7H,8H2,1H3,(H,16,18,19). The lowest BCUT2D eigenvalue weighted by molar-refractivity contribution is 0.0985. The number of hydrogen-bond donors (Lipinski definition) is 1. The Morgan fingerprint density at radius 2 is 2.05 bits per heavy atom. The number of rotatable bonds is 5. The first kappa shape index (κ1) is 14.3. The number of amides is 1. The van der Waals surface area contributed by atoms with E-state index < -0.39 is 5.91 Å². The highest BCUT2D eigenvalue weighted by Gasteiger charge is 2.14. The molecular formula is C14H12N4O3S. The summed E-state index contributed by atoms with van der Waals surface area (Å²) in [5.74, 6) is 0.00852. The molecule has 0 radical (unpaired) electrons. The zero-order valence-corrected chi connectivity index (χ0v) is 12.5. The van der Waals surface area contributed by atoms with Crippen LogP contribution in [0.15, 0.2) is 50.4 Å². The number of nitrogens with one attached hydrogen (secondary N) is 1. The molecular weight excluding hydrogens is 304 g/mol. The van der Waals surface area contributed by atoms with Crippen LogP contribution in [0.25, 0.3) is 0 Å². The summed E-state index contributed by atoms with van der Waals surface area (Å²) in [7, 11) is 0. The number of carbonyl (C=O) groups excluding carboxylic acids is 1. The molecule has 2 heterocycles. The third kappa shape index (κ3) is 3.34. The summed E-state index contributed by atoms with van der Waals surface area (Å²) in [6.07, 6.45) is 3.91. The fourth-order valence-corrected chi connectivity index (χ4v) is 2.19. The summed E-state index contributed by atoms with van der Waals surface area (Å²) in [5.41, 5.74) is 1.05. The molecule has 0 atom stereocenters. The van der Waals surface area contributed by atoms with Crippen LogP contribution >= 0.6 is 11.8 Å². The van der Waals surface area contributed by atoms with Gasteiger partial charge < -0.3 is 8.94 Å². The summed E-state index contributed by atoms with van der Waals surface area (Å²) in [6, 6.07) is 9.54. The van der Waals surface area contributed by atoms with Crippen molar-refractivity contribution in [3.05, 3.63) is 53.7 Å². The molecule has 3 rings (SSSR count). The fourth-order valence-electron chi connectivity index (χ4n) is 1.79. The van der Waals surface area contributed by atoms with Gasteiger partial charge in [0, 0.05) is 11.0 Å². The number of benzene rings is 1.